The van der Waals surface area contributed by atoms with Crippen molar-refractivity contribution in [1.29, 1.82) is 0 Å². The second kappa shape index (κ2) is 10.2. The molecule has 0 saturated carbocycles. The number of carbonyl (C=O) groups is 2. The van der Waals surface area contributed by atoms with E-state index in [2.05, 4.69) is 15.8 Å². The van der Waals surface area contributed by atoms with Crippen LogP contribution in [0.3, 0.4) is 0 Å². The highest BCUT2D eigenvalue weighted by molar-refractivity contribution is 6.07. The zero-order valence-corrected chi connectivity index (χ0v) is 18.8. The molecule has 0 fully saturated rings. The summed E-state index contributed by atoms with van der Waals surface area (Å²) in [5.74, 6) is 1.18. The summed E-state index contributed by atoms with van der Waals surface area (Å²) in [6, 6.07) is 16.8. The molecule has 7 nitrogen and oxygen atoms in total. The fourth-order valence-corrected chi connectivity index (χ4v) is 3.97. The molecule has 0 bridgehead atoms. The number of nitrogens with zero attached hydrogens (tertiary/aromatic N) is 1. The Bertz CT molecular complexity index is 1160. The third-order valence-corrected chi connectivity index (χ3v) is 5.72. The summed E-state index contributed by atoms with van der Waals surface area (Å²) in [5, 5.41) is 7.31. The molecule has 1 aromatic heterocycles. The zero-order valence-electron chi connectivity index (χ0n) is 18.8. The predicted octanol–water partition coefficient (Wildman–Crippen LogP) is 4.04. The molecule has 0 radical (unpaired) electrons. The third-order valence-electron chi connectivity index (χ3n) is 5.72. The average Bonchev–Trinajstić information content (AvgIpc) is 3.20. The van der Waals surface area contributed by atoms with Crippen molar-refractivity contribution in [2.45, 2.75) is 32.6 Å². The maximum absolute atomic E-state index is 12.8. The molecule has 1 aliphatic rings. The molecule has 170 valence electrons. The lowest BCUT2D eigenvalue weighted by Gasteiger charge is -2.13. The average molecular weight is 446 g/mol. The summed E-state index contributed by atoms with van der Waals surface area (Å²) in [4.78, 5) is 25.2. The van der Waals surface area contributed by atoms with Crippen molar-refractivity contribution >= 4 is 17.5 Å². The number of nitrogens with one attached hydrogen (secondary N) is 2. The molecule has 2 amide bonds. The van der Waals surface area contributed by atoms with Crippen molar-refractivity contribution in [3.8, 4) is 5.75 Å². The number of fused-ring (bicyclic) bond motifs is 1. The highest BCUT2D eigenvalue weighted by Gasteiger charge is 2.28. The number of hydrogen-bond donors (Lipinski definition) is 2. The lowest BCUT2D eigenvalue weighted by atomic mass is 9.93. The minimum absolute atomic E-state index is 0.237. The van der Waals surface area contributed by atoms with E-state index in [1.165, 1.54) is 0 Å². The molecule has 3 aromatic rings. The van der Waals surface area contributed by atoms with Crippen LogP contribution in [0, 0.1) is 6.92 Å². The smallest absolute Gasteiger partial charge is 0.287 e. The Hall–Kier alpha value is -3.87. The summed E-state index contributed by atoms with van der Waals surface area (Å²) in [6.45, 7) is 2.38. The van der Waals surface area contributed by atoms with Gasteiger partial charge in [0.05, 0.1) is 12.8 Å². The van der Waals surface area contributed by atoms with Crippen LogP contribution in [-0.4, -0.2) is 31.2 Å². The first-order chi connectivity index (χ1) is 16.1. The van der Waals surface area contributed by atoms with E-state index < -0.39 is 0 Å². The van der Waals surface area contributed by atoms with E-state index in [1.54, 1.807) is 31.4 Å². The summed E-state index contributed by atoms with van der Waals surface area (Å²) in [6.07, 6.45) is 3.02. The van der Waals surface area contributed by atoms with Crippen molar-refractivity contribution in [1.82, 2.24) is 10.7 Å². The van der Waals surface area contributed by atoms with Crippen LogP contribution in [0.4, 0.5) is 0 Å². The van der Waals surface area contributed by atoms with Gasteiger partial charge in [-0.25, -0.2) is 5.43 Å². The Kier molecular flexibility index (Phi) is 6.88. The highest BCUT2D eigenvalue weighted by Crippen LogP contribution is 2.30. The number of hydrogen-bond acceptors (Lipinski definition) is 5. The van der Waals surface area contributed by atoms with Crippen LogP contribution in [0.15, 0.2) is 64.1 Å². The monoisotopic (exact) mass is 445 g/mol. The van der Waals surface area contributed by atoms with Crippen molar-refractivity contribution in [2.24, 2.45) is 5.10 Å². The highest BCUT2D eigenvalue weighted by atomic mass is 16.5. The quantitative estimate of drug-likeness (QED) is 0.537. The van der Waals surface area contributed by atoms with Gasteiger partial charge >= 0.3 is 0 Å². The van der Waals surface area contributed by atoms with E-state index in [-0.39, 0.29) is 11.8 Å². The fraction of sp³-hybridized carbons (Fsp3) is 0.269. The van der Waals surface area contributed by atoms with Gasteiger partial charge in [0.25, 0.3) is 11.8 Å². The molecule has 2 aromatic carbocycles. The molecule has 0 saturated heterocycles. The van der Waals surface area contributed by atoms with Crippen LogP contribution >= 0.6 is 0 Å². The SMILES string of the molecule is COc1ccc(C(=O)N/N=C2\CCCc3oc(C(=O)NCCc4ccccc4)c(C)c32)cc1. The number of methoxy groups -OCH3 is 1. The first-order valence-electron chi connectivity index (χ1n) is 11.0. The Morgan fingerprint density at radius 3 is 2.52 bits per heavy atom. The van der Waals surface area contributed by atoms with Crippen LogP contribution in [0.25, 0.3) is 0 Å². The Morgan fingerprint density at radius 1 is 1.03 bits per heavy atom. The van der Waals surface area contributed by atoms with Crippen molar-refractivity contribution in [3.05, 3.63) is 88.4 Å². The van der Waals surface area contributed by atoms with E-state index in [1.807, 2.05) is 37.3 Å². The number of furan rings is 1. The Morgan fingerprint density at radius 2 is 1.79 bits per heavy atom. The van der Waals surface area contributed by atoms with Crippen LogP contribution in [0.1, 0.15) is 56.2 Å². The third kappa shape index (κ3) is 5.14. The molecule has 33 heavy (non-hydrogen) atoms. The molecule has 4 rings (SSSR count). The van der Waals surface area contributed by atoms with E-state index >= 15 is 0 Å². The molecule has 0 atom stereocenters. The normalized spacial score (nSPS) is 13.9. The molecular weight excluding hydrogens is 418 g/mol. The summed E-state index contributed by atoms with van der Waals surface area (Å²) in [5.41, 5.74) is 6.58. The minimum Gasteiger partial charge on any atom is -0.497 e. The van der Waals surface area contributed by atoms with Gasteiger partial charge in [0, 0.05) is 29.7 Å². The zero-order chi connectivity index (χ0) is 23.2. The van der Waals surface area contributed by atoms with Gasteiger partial charge in [0.1, 0.15) is 11.5 Å². The van der Waals surface area contributed by atoms with Crippen LogP contribution < -0.4 is 15.5 Å². The van der Waals surface area contributed by atoms with Gasteiger partial charge in [-0.05, 0) is 56.0 Å². The summed E-state index contributed by atoms with van der Waals surface area (Å²) in [7, 11) is 1.58. The molecule has 1 heterocycles. The minimum atomic E-state index is -0.308. The first kappa shape index (κ1) is 22.3. The van der Waals surface area contributed by atoms with Gasteiger partial charge in [0.15, 0.2) is 5.76 Å². The number of hydrazone groups is 1. The molecule has 7 heteroatoms. The van der Waals surface area contributed by atoms with Crippen molar-refractivity contribution < 1.29 is 18.7 Å². The largest absolute Gasteiger partial charge is 0.497 e. The van der Waals surface area contributed by atoms with Gasteiger partial charge in [-0.15, -0.1) is 0 Å². The lowest BCUT2D eigenvalue weighted by Crippen LogP contribution is -2.26. The van der Waals surface area contributed by atoms with E-state index in [9.17, 15) is 9.59 Å². The van der Waals surface area contributed by atoms with Gasteiger partial charge < -0.3 is 14.5 Å². The summed E-state index contributed by atoms with van der Waals surface area (Å²) < 4.78 is 11.1. The second-order valence-electron chi connectivity index (χ2n) is 7.93. The maximum Gasteiger partial charge on any atom is 0.287 e. The molecule has 0 aliphatic heterocycles. The molecule has 0 spiro atoms. The molecular formula is C26H27N3O4. The van der Waals surface area contributed by atoms with E-state index in [0.717, 1.165) is 47.4 Å². The van der Waals surface area contributed by atoms with Gasteiger partial charge in [-0.3, -0.25) is 9.59 Å². The number of ether oxygens (including phenoxy) is 1. The lowest BCUT2D eigenvalue weighted by molar-refractivity contribution is 0.0922. The number of aryl methyl sites for hydroxylation is 1. The Labute approximate surface area is 192 Å². The van der Waals surface area contributed by atoms with Crippen LogP contribution in [0.2, 0.25) is 0 Å². The van der Waals surface area contributed by atoms with Crippen LogP contribution in [0.5, 0.6) is 5.75 Å². The fourth-order valence-electron chi connectivity index (χ4n) is 3.97. The van der Waals surface area contributed by atoms with Gasteiger partial charge in [-0.1, -0.05) is 30.3 Å². The molecule has 0 unspecified atom stereocenters. The van der Waals surface area contributed by atoms with Crippen LogP contribution in [-0.2, 0) is 12.8 Å². The predicted molar refractivity (Wildman–Crippen MR) is 126 cm³/mol. The van der Waals surface area contributed by atoms with E-state index in [0.29, 0.717) is 30.0 Å². The first-order valence-corrected chi connectivity index (χ1v) is 11.0. The molecule has 2 N–H and O–H groups in total. The van der Waals surface area contributed by atoms with E-state index in [4.69, 9.17) is 9.15 Å². The number of carbonyl (C=O) groups excluding carboxylic acids is 2. The number of rotatable bonds is 7. The van der Waals surface area contributed by atoms with Crippen molar-refractivity contribution in [2.75, 3.05) is 13.7 Å². The Balaban J connectivity index is 1.45. The maximum atomic E-state index is 12.8. The van der Waals surface area contributed by atoms with Crippen molar-refractivity contribution in [3.63, 3.8) is 0 Å². The number of benzene rings is 2. The number of amides is 2. The molecule has 1 aliphatic carbocycles. The standard InChI is InChI=1S/C26H27N3O4/c1-17-23-21(28-29-25(30)19-11-13-20(32-2)14-12-19)9-6-10-22(23)33-24(17)26(31)27-16-15-18-7-4-3-5-8-18/h3-5,7-8,11-14H,6,9-10,15-16H2,1-2H3,(H,27,31)(H,29,30)/b28-21+. The topological polar surface area (TPSA) is 92.9 Å². The van der Waals surface area contributed by atoms with Gasteiger partial charge in [-0.2, -0.15) is 5.10 Å². The second-order valence-corrected chi connectivity index (χ2v) is 7.93. The van der Waals surface area contributed by atoms with Gasteiger partial charge in [0.2, 0.25) is 0 Å². The summed E-state index contributed by atoms with van der Waals surface area (Å²) >= 11 is 0.